The molecule has 2 aliphatic heterocycles. The number of rotatable bonds is 4. The van der Waals surface area contributed by atoms with Crippen LogP contribution in [0.5, 0.6) is 0 Å². The maximum absolute atomic E-state index is 12.9. The highest BCUT2D eigenvalue weighted by Crippen LogP contribution is 2.60. The average molecular weight is 265 g/mol. The molecule has 1 unspecified atom stereocenters. The summed E-state index contributed by atoms with van der Waals surface area (Å²) in [7, 11) is 0. The number of likely N-dealkylation sites (tertiary alicyclic amines) is 1. The molecule has 0 radical (unpaired) electrons. The van der Waals surface area contributed by atoms with E-state index in [0.29, 0.717) is 19.8 Å². The summed E-state index contributed by atoms with van der Waals surface area (Å²) in [5.41, 5.74) is -0.426. The Hall–Kier alpha value is -0.870. The predicted octanol–water partition coefficient (Wildman–Crippen LogP) is 1.95. The topological polar surface area (TPSA) is 38.8 Å². The van der Waals surface area contributed by atoms with Gasteiger partial charge in [-0.25, -0.2) is 0 Å². The molecule has 0 aromatic heterocycles. The first-order valence-corrected chi connectivity index (χ1v) is 7.38. The quantitative estimate of drug-likeness (QED) is 0.729. The first-order valence-electron chi connectivity index (χ1n) is 7.38. The van der Waals surface area contributed by atoms with E-state index < -0.39 is 11.2 Å². The lowest BCUT2D eigenvalue weighted by molar-refractivity contribution is -0.267. The molecule has 0 bridgehead atoms. The maximum Gasteiger partial charge on any atom is 0.234 e. The van der Waals surface area contributed by atoms with Gasteiger partial charge in [-0.15, -0.1) is 6.58 Å². The molecule has 3 rings (SSSR count). The zero-order valence-electron chi connectivity index (χ0n) is 11.7. The molecular formula is C15H23NO3. The van der Waals surface area contributed by atoms with Crippen molar-refractivity contribution in [1.29, 1.82) is 0 Å². The minimum Gasteiger partial charge on any atom is -0.349 e. The van der Waals surface area contributed by atoms with Crippen LogP contribution in [0.25, 0.3) is 0 Å². The highest BCUT2D eigenvalue weighted by Gasteiger charge is 2.71. The minimum atomic E-state index is -0.655. The molecule has 2 saturated heterocycles. The SMILES string of the molecule is C=CCN1C[C@@H]2COC3(OCC)CCCC[C@@]23C1=O. The molecule has 0 N–H and O–H groups in total. The molecule has 19 heavy (non-hydrogen) atoms. The third kappa shape index (κ3) is 1.56. The molecule has 1 spiro atoms. The Morgan fingerprint density at radius 2 is 2.32 bits per heavy atom. The number of carbonyl (C=O) groups is 1. The van der Waals surface area contributed by atoms with Gasteiger partial charge in [0.1, 0.15) is 5.41 Å². The van der Waals surface area contributed by atoms with Crippen molar-refractivity contribution in [3.8, 4) is 0 Å². The van der Waals surface area contributed by atoms with E-state index in [-0.39, 0.29) is 11.8 Å². The summed E-state index contributed by atoms with van der Waals surface area (Å²) >= 11 is 0. The van der Waals surface area contributed by atoms with Crippen LogP contribution in [-0.2, 0) is 14.3 Å². The van der Waals surface area contributed by atoms with Gasteiger partial charge in [0.05, 0.1) is 6.61 Å². The highest BCUT2D eigenvalue weighted by molar-refractivity contribution is 5.87. The summed E-state index contributed by atoms with van der Waals surface area (Å²) in [5, 5.41) is 0. The fourth-order valence-electron chi connectivity index (χ4n) is 4.34. The largest absolute Gasteiger partial charge is 0.349 e. The number of carbonyl (C=O) groups excluding carboxylic acids is 1. The van der Waals surface area contributed by atoms with E-state index in [1.54, 1.807) is 0 Å². The van der Waals surface area contributed by atoms with E-state index in [1.807, 2.05) is 17.9 Å². The normalized spacial score (nSPS) is 41.2. The van der Waals surface area contributed by atoms with Gasteiger partial charge < -0.3 is 14.4 Å². The first-order chi connectivity index (χ1) is 9.20. The Kier molecular flexibility index (Phi) is 3.18. The van der Waals surface area contributed by atoms with E-state index in [1.165, 1.54) is 0 Å². The molecule has 0 aromatic carbocycles. The van der Waals surface area contributed by atoms with Crippen LogP contribution in [-0.4, -0.2) is 42.9 Å². The molecule has 4 heteroatoms. The van der Waals surface area contributed by atoms with E-state index in [4.69, 9.17) is 9.47 Å². The fourth-order valence-corrected chi connectivity index (χ4v) is 4.34. The Morgan fingerprint density at radius 1 is 1.53 bits per heavy atom. The van der Waals surface area contributed by atoms with Crippen LogP contribution < -0.4 is 0 Å². The number of hydrogen-bond donors (Lipinski definition) is 0. The minimum absolute atomic E-state index is 0.225. The van der Waals surface area contributed by atoms with E-state index in [9.17, 15) is 4.79 Å². The number of hydrogen-bond acceptors (Lipinski definition) is 3. The number of ether oxygens (including phenoxy) is 2. The Labute approximate surface area is 114 Å². The Balaban J connectivity index is 1.98. The fraction of sp³-hybridized carbons (Fsp3) is 0.800. The summed E-state index contributed by atoms with van der Waals surface area (Å²) in [6, 6.07) is 0. The second-order valence-corrected chi connectivity index (χ2v) is 5.87. The molecule has 3 aliphatic rings. The van der Waals surface area contributed by atoms with Gasteiger partial charge in [0, 0.05) is 32.0 Å². The zero-order chi connectivity index (χ0) is 13.5. The van der Waals surface area contributed by atoms with Gasteiger partial charge in [0.25, 0.3) is 0 Å². The molecule has 1 aliphatic carbocycles. The van der Waals surface area contributed by atoms with E-state index in [0.717, 1.165) is 32.2 Å². The first kappa shape index (κ1) is 13.1. The van der Waals surface area contributed by atoms with Crippen LogP contribution in [0.2, 0.25) is 0 Å². The van der Waals surface area contributed by atoms with Crippen LogP contribution in [0.15, 0.2) is 12.7 Å². The summed E-state index contributed by atoms with van der Waals surface area (Å²) in [4.78, 5) is 14.9. The van der Waals surface area contributed by atoms with Crippen LogP contribution in [0.1, 0.15) is 32.6 Å². The van der Waals surface area contributed by atoms with Gasteiger partial charge >= 0.3 is 0 Å². The third-order valence-corrected chi connectivity index (χ3v) is 5.06. The molecular weight excluding hydrogens is 242 g/mol. The van der Waals surface area contributed by atoms with Gasteiger partial charge in [-0.05, 0) is 19.8 Å². The number of amides is 1. The van der Waals surface area contributed by atoms with E-state index >= 15 is 0 Å². The highest BCUT2D eigenvalue weighted by atomic mass is 16.7. The van der Waals surface area contributed by atoms with Gasteiger partial charge in [-0.1, -0.05) is 12.5 Å². The van der Waals surface area contributed by atoms with Gasteiger partial charge in [0.2, 0.25) is 5.91 Å². The average Bonchev–Trinajstić information content (AvgIpc) is 2.86. The van der Waals surface area contributed by atoms with Crippen molar-refractivity contribution in [1.82, 2.24) is 4.90 Å². The summed E-state index contributed by atoms with van der Waals surface area (Å²) in [5.74, 6) is -0.146. The maximum atomic E-state index is 12.9. The Morgan fingerprint density at radius 3 is 3.05 bits per heavy atom. The summed E-state index contributed by atoms with van der Waals surface area (Å²) < 4.78 is 12.0. The second kappa shape index (κ2) is 4.60. The monoisotopic (exact) mass is 265 g/mol. The Bertz CT molecular complexity index is 387. The molecule has 1 amide bonds. The molecule has 3 atom stereocenters. The molecule has 1 saturated carbocycles. The number of nitrogens with zero attached hydrogens (tertiary/aromatic N) is 1. The lowest BCUT2D eigenvalue weighted by atomic mass is 9.65. The van der Waals surface area contributed by atoms with Crippen molar-refractivity contribution in [2.45, 2.75) is 38.4 Å². The van der Waals surface area contributed by atoms with Crippen molar-refractivity contribution in [2.24, 2.45) is 11.3 Å². The van der Waals surface area contributed by atoms with Crippen molar-refractivity contribution in [3.63, 3.8) is 0 Å². The van der Waals surface area contributed by atoms with Crippen LogP contribution >= 0.6 is 0 Å². The smallest absolute Gasteiger partial charge is 0.234 e. The lowest BCUT2D eigenvalue weighted by Gasteiger charge is -2.45. The van der Waals surface area contributed by atoms with E-state index in [2.05, 4.69) is 6.58 Å². The standard InChI is InChI=1S/C15H23NO3/c1-3-9-16-10-12-11-19-15(18-4-2)8-6-5-7-14(12,15)13(16)17/h3,12H,1,4-11H2,2H3/t12-,14+,15?/m1/s1. The van der Waals surface area contributed by atoms with Gasteiger partial charge in [-0.3, -0.25) is 4.79 Å². The lowest BCUT2D eigenvalue weighted by Crippen LogP contribution is -2.56. The van der Waals surface area contributed by atoms with Crippen molar-refractivity contribution >= 4 is 5.91 Å². The molecule has 3 fully saturated rings. The van der Waals surface area contributed by atoms with Crippen molar-refractivity contribution < 1.29 is 14.3 Å². The molecule has 0 aromatic rings. The van der Waals surface area contributed by atoms with Crippen LogP contribution in [0.4, 0.5) is 0 Å². The van der Waals surface area contributed by atoms with Crippen LogP contribution in [0.3, 0.4) is 0 Å². The van der Waals surface area contributed by atoms with Gasteiger partial charge in [-0.2, -0.15) is 0 Å². The van der Waals surface area contributed by atoms with Gasteiger partial charge in [0.15, 0.2) is 5.79 Å². The van der Waals surface area contributed by atoms with Crippen LogP contribution in [0, 0.1) is 11.3 Å². The predicted molar refractivity (Wildman–Crippen MR) is 71.5 cm³/mol. The van der Waals surface area contributed by atoms with Crippen molar-refractivity contribution in [3.05, 3.63) is 12.7 Å². The summed E-state index contributed by atoms with van der Waals surface area (Å²) in [6.07, 6.45) is 5.75. The molecule has 106 valence electrons. The third-order valence-electron chi connectivity index (χ3n) is 5.06. The van der Waals surface area contributed by atoms with Crippen molar-refractivity contribution in [2.75, 3.05) is 26.3 Å². The molecule has 4 nitrogen and oxygen atoms in total. The second-order valence-electron chi connectivity index (χ2n) is 5.87. The zero-order valence-corrected chi connectivity index (χ0v) is 11.7. The molecule has 2 heterocycles. The summed E-state index contributed by atoms with van der Waals surface area (Å²) in [6.45, 7) is 8.41.